The van der Waals surface area contributed by atoms with Crippen LogP contribution in [0, 0.1) is 0 Å². The minimum absolute atomic E-state index is 0.122. The van der Waals surface area contributed by atoms with Gasteiger partial charge in [0.15, 0.2) is 0 Å². The van der Waals surface area contributed by atoms with Crippen LogP contribution in [-0.4, -0.2) is 22.6 Å². The van der Waals surface area contributed by atoms with Gasteiger partial charge in [-0.2, -0.15) is 5.10 Å². The van der Waals surface area contributed by atoms with Crippen LogP contribution < -0.4 is 5.32 Å². The molecule has 29 heavy (non-hydrogen) atoms. The van der Waals surface area contributed by atoms with Crippen molar-refractivity contribution >= 4 is 17.5 Å². The molecule has 4 rings (SSSR count). The fraction of sp³-hybridized carbons (Fsp3) is 0.0833. The van der Waals surface area contributed by atoms with Crippen molar-refractivity contribution in [2.75, 3.05) is 6.54 Å². The van der Waals surface area contributed by atoms with Crippen LogP contribution in [0.25, 0.3) is 22.5 Å². The third-order valence-electron chi connectivity index (χ3n) is 4.75. The molecule has 3 aromatic carbocycles. The number of nitrogens with one attached hydrogen (secondary N) is 2. The van der Waals surface area contributed by atoms with Crippen LogP contribution in [0.15, 0.2) is 84.9 Å². The fourth-order valence-electron chi connectivity index (χ4n) is 3.24. The molecule has 1 heterocycles. The molecule has 0 bridgehead atoms. The van der Waals surface area contributed by atoms with Gasteiger partial charge in [0.25, 0.3) is 5.91 Å². The van der Waals surface area contributed by atoms with Crippen molar-refractivity contribution in [1.82, 2.24) is 15.5 Å². The number of rotatable bonds is 6. The predicted molar refractivity (Wildman–Crippen MR) is 117 cm³/mol. The Morgan fingerprint density at radius 2 is 1.66 bits per heavy atom. The van der Waals surface area contributed by atoms with Crippen molar-refractivity contribution < 1.29 is 4.79 Å². The lowest BCUT2D eigenvalue weighted by Crippen LogP contribution is -2.26. The fourth-order valence-corrected chi connectivity index (χ4v) is 3.47. The highest BCUT2D eigenvalue weighted by molar-refractivity contribution is 6.31. The minimum atomic E-state index is -0.122. The Balaban J connectivity index is 1.50. The normalized spacial score (nSPS) is 10.7. The molecule has 0 aliphatic rings. The first-order valence-corrected chi connectivity index (χ1v) is 9.82. The van der Waals surface area contributed by atoms with Crippen LogP contribution in [0.5, 0.6) is 0 Å². The summed E-state index contributed by atoms with van der Waals surface area (Å²) in [6, 6.07) is 27.1. The summed E-state index contributed by atoms with van der Waals surface area (Å²) in [5.41, 5.74) is 5.11. The first-order chi connectivity index (χ1) is 14.2. The Bertz CT molecular complexity index is 1120. The van der Waals surface area contributed by atoms with Crippen molar-refractivity contribution in [3.8, 4) is 22.5 Å². The molecule has 1 amide bonds. The number of carbonyl (C=O) groups is 1. The minimum Gasteiger partial charge on any atom is -0.352 e. The number of hydrogen-bond acceptors (Lipinski definition) is 2. The first kappa shape index (κ1) is 19.0. The van der Waals surface area contributed by atoms with Crippen LogP contribution in [-0.2, 0) is 6.42 Å². The van der Waals surface area contributed by atoms with Gasteiger partial charge in [0.1, 0.15) is 0 Å². The monoisotopic (exact) mass is 401 g/mol. The molecule has 0 spiro atoms. The Morgan fingerprint density at radius 3 is 2.48 bits per heavy atom. The van der Waals surface area contributed by atoms with Crippen LogP contribution in [0.1, 0.15) is 15.9 Å². The Hall–Kier alpha value is -3.37. The molecule has 0 aliphatic heterocycles. The van der Waals surface area contributed by atoms with Crippen LogP contribution in [0.4, 0.5) is 0 Å². The summed E-state index contributed by atoms with van der Waals surface area (Å²) in [7, 11) is 0. The maximum absolute atomic E-state index is 12.8. The Morgan fingerprint density at radius 1 is 0.931 bits per heavy atom. The van der Waals surface area contributed by atoms with E-state index in [1.54, 1.807) is 0 Å². The molecule has 2 N–H and O–H groups in total. The highest BCUT2D eigenvalue weighted by Gasteiger charge is 2.14. The lowest BCUT2D eigenvalue weighted by atomic mass is 10.0. The van der Waals surface area contributed by atoms with E-state index in [2.05, 4.69) is 15.5 Å². The average Bonchev–Trinajstić information content (AvgIpc) is 3.26. The average molecular weight is 402 g/mol. The van der Waals surface area contributed by atoms with Gasteiger partial charge in [0.05, 0.1) is 11.4 Å². The summed E-state index contributed by atoms with van der Waals surface area (Å²) < 4.78 is 0. The molecule has 5 heteroatoms. The summed E-state index contributed by atoms with van der Waals surface area (Å²) in [6.45, 7) is 0.509. The molecule has 0 fully saturated rings. The van der Waals surface area contributed by atoms with Crippen molar-refractivity contribution in [3.63, 3.8) is 0 Å². The highest BCUT2D eigenvalue weighted by Crippen LogP contribution is 2.26. The number of H-pyrrole nitrogens is 1. The molecule has 0 unspecified atom stereocenters. The van der Waals surface area contributed by atoms with Gasteiger partial charge in [-0.05, 0) is 30.2 Å². The summed E-state index contributed by atoms with van der Waals surface area (Å²) in [4.78, 5) is 12.8. The molecule has 0 saturated carbocycles. The standard InChI is InChI=1S/C24H20ClN3O/c25-21-13-7-4-8-17(21)14-15-26-24(29)20-12-6-5-11-19(20)23-16-22(27-28-23)18-9-2-1-3-10-18/h1-13,16H,14-15H2,(H,26,29)(H,27,28). The van der Waals surface area contributed by atoms with E-state index in [-0.39, 0.29) is 5.91 Å². The van der Waals surface area contributed by atoms with Crippen LogP contribution >= 0.6 is 11.6 Å². The number of aromatic nitrogens is 2. The number of benzene rings is 3. The van der Waals surface area contributed by atoms with E-state index in [1.165, 1.54) is 0 Å². The third-order valence-corrected chi connectivity index (χ3v) is 5.12. The maximum atomic E-state index is 12.8. The summed E-state index contributed by atoms with van der Waals surface area (Å²) in [6.07, 6.45) is 0.676. The number of aromatic amines is 1. The van der Waals surface area contributed by atoms with Crippen molar-refractivity contribution in [2.24, 2.45) is 0 Å². The summed E-state index contributed by atoms with van der Waals surface area (Å²) >= 11 is 6.19. The second-order valence-electron chi connectivity index (χ2n) is 6.68. The van der Waals surface area contributed by atoms with Gasteiger partial charge in [0.2, 0.25) is 0 Å². The zero-order valence-electron chi connectivity index (χ0n) is 15.7. The van der Waals surface area contributed by atoms with Gasteiger partial charge >= 0.3 is 0 Å². The second-order valence-corrected chi connectivity index (χ2v) is 7.08. The largest absolute Gasteiger partial charge is 0.352 e. The van der Waals surface area contributed by atoms with Gasteiger partial charge < -0.3 is 5.32 Å². The molecule has 0 atom stereocenters. The topological polar surface area (TPSA) is 57.8 Å². The lowest BCUT2D eigenvalue weighted by Gasteiger charge is -2.09. The molecular weight excluding hydrogens is 382 g/mol. The molecule has 0 saturated heterocycles. The van der Waals surface area contributed by atoms with Crippen molar-refractivity contribution in [3.05, 3.63) is 101 Å². The van der Waals surface area contributed by atoms with E-state index in [0.29, 0.717) is 23.6 Å². The van der Waals surface area contributed by atoms with Gasteiger partial charge in [-0.25, -0.2) is 0 Å². The molecule has 4 aromatic rings. The number of carbonyl (C=O) groups excluding carboxylic acids is 1. The molecular formula is C24H20ClN3O. The number of amides is 1. The lowest BCUT2D eigenvalue weighted by molar-refractivity contribution is 0.0954. The van der Waals surface area contributed by atoms with E-state index in [1.807, 2.05) is 84.9 Å². The molecule has 4 nitrogen and oxygen atoms in total. The number of halogens is 1. The van der Waals surface area contributed by atoms with Gasteiger partial charge in [-0.1, -0.05) is 78.3 Å². The van der Waals surface area contributed by atoms with E-state index in [0.717, 1.165) is 28.1 Å². The second kappa shape index (κ2) is 8.76. The third kappa shape index (κ3) is 4.39. The van der Waals surface area contributed by atoms with E-state index >= 15 is 0 Å². The van der Waals surface area contributed by atoms with Crippen molar-refractivity contribution in [1.29, 1.82) is 0 Å². The molecule has 0 aliphatic carbocycles. The van der Waals surface area contributed by atoms with Crippen molar-refractivity contribution in [2.45, 2.75) is 6.42 Å². The van der Waals surface area contributed by atoms with Crippen LogP contribution in [0.2, 0.25) is 5.02 Å². The maximum Gasteiger partial charge on any atom is 0.251 e. The smallest absolute Gasteiger partial charge is 0.251 e. The molecule has 144 valence electrons. The van der Waals surface area contributed by atoms with Gasteiger partial charge in [-0.15, -0.1) is 0 Å². The zero-order valence-corrected chi connectivity index (χ0v) is 16.5. The predicted octanol–water partition coefficient (Wildman–Crippen LogP) is 5.37. The molecule has 1 aromatic heterocycles. The quantitative estimate of drug-likeness (QED) is 0.456. The Labute approximate surface area is 174 Å². The highest BCUT2D eigenvalue weighted by atomic mass is 35.5. The van der Waals surface area contributed by atoms with E-state index in [4.69, 9.17) is 11.6 Å². The first-order valence-electron chi connectivity index (χ1n) is 9.44. The molecule has 0 radical (unpaired) electrons. The van der Waals surface area contributed by atoms with Gasteiger partial charge in [0, 0.05) is 28.3 Å². The zero-order chi connectivity index (χ0) is 20.1. The summed E-state index contributed by atoms with van der Waals surface area (Å²) in [5, 5.41) is 11.2. The summed E-state index contributed by atoms with van der Waals surface area (Å²) in [5.74, 6) is -0.122. The number of hydrogen-bond donors (Lipinski definition) is 2. The van der Waals surface area contributed by atoms with E-state index in [9.17, 15) is 4.79 Å². The van der Waals surface area contributed by atoms with E-state index < -0.39 is 0 Å². The Kier molecular flexibility index (Phi) is 5.73. The van der Waals surface area contributed by atoms with Gasteiger partial charge in [-0.3, -0.25) is 9.89 Å². The number of nitrogens with zero attached hydrogens (tertiary/aromatic N) is 1. The van der Waals surface area contributed by atoms with Crippen LogP contribution in [0.3, 0.4) is 0 Å². The SMILES string of the molecule is O=C(NCCc1ccccc1Cl)c1ccccc1-c1cc(-c2ccccc2)n[nH]1.